The molecule has 1 heterocycles. The van der Waals surface area contributed by atoms with Gasteiger partial charge in [-0.25, -0.2) is 0 Å². The molecule has 0 radical (unpaired) electrons. The molecule has 0 aliphatic carbocycles. The Morgan fingerprint density at radius 3 is 2.67 bits per heavy atom. The molecule has 0 aromatic heterocycles. The summed E-state index contributed by atoms with van der Waals surface area (Å²) in [5.74, 6) is -0.195. The maximum Gasteiger partial charge on any atom is 0.305 e. The van der Waals surface area contributed by atoms with Crippen LogP contribution >= 0.6 is 35.6 Å². The first-order chi connectivity index (χ1) is 13.0. The minimum atomic E-state index is -0.139. The first-order valence-corrected chi connectivity index (χ1v) is 10.8. The van der Waals surface area contributed by atoms with Gasteiger partial charge >= 0.3 is 5.97 Å². The molecule has 1 aromatic carbocycles. The Bertz CT molecular complexity index is 704. The predicted molar refractivity (Wildman–Crippen MR) is 116 cm³/mol. The lowest BCUT2D eigenvalue weighted by Crippen LogP contribution is -2.29. The molecular weight excluding hydrogens is 402 g/mol. The Hall–Kier alpha value is -1.37. The highest BCUT2D eigenvalue weighted by Gasteiger charge is 2.31. The molecule has 1 aromatic rings. The van der Waals surface area contributed by atoms with E-state index in [0.717, 1.165) is 37.7 Å². The average Bonchev–Trinajstić information content (AvgIpc) is 2.90. The first-order valence-electron chi connectivity index (χ1n) is 9.18. The van der Waals surface area contributed by atoms with Crippen molar-refractivity contribution in [3.8, 4) is 0 Å². The highest BCUT2D eigenvalue weighted by atomic mass is 35.5. The number of thioether (sulfide) groups is 1. The number of benzene rings is 1. The van der Waals surface area contributed by atoms with E-state index in [-0.39, 0.29) is 11.9 Å². The maximum absolute atomic E-state index is 12.6. The summed E-state index contributed by atoms with van der Waals surface area (Å²) in [7, 11) is 0. The molecule has 7 heteroatoms. The fourth-order valence-electron chi connectivity index (χ4n) is 2.52. The van der Waals surface area contributed by atoms with Crippen molar-refractivity contribution in [2.24, 2.45) is 0 Å². The van der Waals surface area contributed by atoms with Crippen molar-refractivity contribution in [2.45, 2.75) is 45.4 Å². The van der Waals surface area contributed by atoms with Crippen LogP contribution in [0.3, 0.4) is 0 Å². The summed E-state index contributed by atoms with van der Waals surface area (Å²) in [6.07, 6.45) is 6.62. The number of nitrogens with zero attached hydrogens (tertiary/aromatic N) is 1. The fraction of sp³-hybridized carbons (Fsp3) is 0.450. The lowest BCUT2D eigenvalue weighted by Gasteiger charge is -2.14. The van der Waals surface area contributed by atoms with Crippen molar-refractivity contribution in [1.29, 1.82) is 0 Å². The molecule has 1 saturated heterocycles. The van der Waals surface area contributed by atoms with Crippen LogP contribution < -0.4 is 0 Å². The lowest BCUT2D eigenvalue weighted by molar-refractivity contribution is -0.143. The number of hydrogen-bond donors (Lipinski definition) is 0. The smallest absolute Gasteiger partial charge is 0.305 e. The Labute approximate surface area is 175 Å². The van der Waals surface area contributed by atoms with Crippen LogP contribution in [0.25, 0.3) is 6.08 Å². The van der Waals surface area contributed by atoms with Crippen LogP contribution in [0.15, 0.2) is 29.2 Å². The SMILES string of the molecule is CCCCOC(=O)CCCCCN1C(=O)/C(=C/c2ccc(Cl)cc2)SC1=S. The third-order valence-electron chi connectivity index (χ3n) is 4.06. The molecule has 146 valence electrons. The van der Waals surface area contributed by atoms with Gasteiger partial charge in [0.2, 0.25) is 0 Å². The summed E-state index contributed by atoms with van der Waals surface area (Å²) >= 11 is 12.6. The second-order valence-electron chi connectivity index (χ2n) is 6.27. The Balaban J connectivity index is 1.74. The molecule has 0 spiro atoms. The highest BCUT2D eigenvalue weighted by molar-refractivity contribution is 8.26. The van der Waals surface area contributed by atoms with E-state index in [1.807, 2.05) is 18.2 Å². The fourth-order valence-corrected chi connectivity index (χ4v) is 3.96. The van der Waals surface area contributed by atoms with E-state index in [4.69, 9.17) is 28.6 Å². The summed E-state index contributed by atoms with van der Waals surface area (Å²) < 4.78 is 5.71. The van der Waals surface area contributed by atoms with Gasteiger partial charge in [0.1, 0.15) is 4.32 Å². The van der Waals surface area contributed by atoms with Crippen molar-refractivity contribution in [3.63, 3.8) is 0 Å². The van der Waals surface area contributed by atoms with E-state index in [1.54, 1.807) is 17.0 Å². The lowest BCUT2D eigenvalue weighted by atomic mass is 10.2. The highest BCUT2D eigenvalue weighted by Crippen LogP contribution is 2.32. The van der Waals surface area contributed by atoms with E-state index in [2.05, 4.69) is 6.92 Å². The van der Waals surface area contributed by atoms with Crippen molar-refractivity contribution in [3.05, 3.63) is 39.8 Å². The molecule has 1 aliphatic heterocycles. The number of unbranched alkanes of at least 4 members (excludes halogenated alkanes) is 3. The van der Waals surface area contributed by atoms with Crippen LogP contribution in [-0.2, 0) is 14.3 Å². The van der Waals surface area contributed by atoms with Crippen LogP contribution in [0, 0.1) is 0 Å². The zero-order valence-electron chi connectivity index (χ0n) is 15.4. The predicted octanol–water partition coefficient (Wildman–Crippen LogP) is 5.44. The number of hydrogen-bond acceptors (Lipinski definition) is 5. The second kappa shape index (κ2) is 11.5. The molecule has 0 unspecified atom stereocenters. The zero-order chi connectivity index (χ0) is 19.6. The van der Waals surface area contributed by atoms with Gasteiger partial charge in [0.15, 0.2) is 0 Å². The van der Waals surface area contributed by atoms with E-state index < -0.39 is 0 Å². The van der Waals surface area contributed by atoms with Crippen LogP contribution in [0.4, 0.5) is 0 Å². The van der Waals surface area contributed by atoms with Crippen LogP contribution in [0.5, 0.6) is 0 Å². The van der Waals surface area contributed by atoms with Crippen molar-refractivity contribution >= 4 is 57.9 Å². The number of thiocarbonyl (C=S) groups is 1. The number of ether oxygens (including phenoxy) is 1. The molecule has 27 heavy (non-hydrogen) atoms. The molecule has 0 atom stereocenters. The number of amides is 1. The van der Waals surface area contributed by atoms with E-state index in [1.165, 1.54) is 11.8 Å². The minimum Gasteiger partial charge on any atom is -0.466 e. The molecule has 4 nitrogen and oxygen atoms in total. The Morgan fingerprint density at radius 2 is 1.96 bits per heavy atom. The van der Waals surface area contributed by atoms with Crippen LogP contribution in [0.2, 0.25) is 5.02 Å². The van der Waals surface area contributed by atoms with E-state index in [9.17, 15) is 9.59 Å². The van der Waals surface area contributed by atoms with Gasteiger partial charge in [-0.1, -0.05) is 67.5 Å². The molecule has 2 rings (SSSR count). The topological polar surface area (TPSA) is 46.6 Å². The van der Waals surface area contributed by atoms with Gasteiger partial charge in [0.05, 0.1) is 11.5 Å². The van der Waals surface area contributed by atoms with Gasteiger partial charge in [0, 0.05) is 18.0 Å². The number of rotatable bonds is 10. The third kappa shape index (κ3) is 7.28. The summed E-state index contributed by atoms with van der Waals surface area (Å²) in [5, 5.41) is 0.661. The molecule has 1 fully saturated rings. The first kappa shape index (κ1) is 21.9. The van der Waals surface area contributed by atoms with Gasteiger partial charge in [-0.05, 0) is 43.0 Å². The monoisotopic (exact) mass is 425 g/mol. The van der Waals surface area contributed by atoms with Crippen LogP contribution in [-0.4, -0.2) is 34.2 Å². The van der Waals surface area contributed by atoms with Crippen molar-refractivity contribution in [1.82, 2.24) is 4.90 Å². The zero-order valence-corrected chi connectivity index (χ0v) is 17.8. The summed E-state index contributed by atoms with van der Waals surface area (Å²) in [5.41, 5.74) is 0.918. The van der Waals surface area contributed by atoms with Crippen molar-refractivity contribution < 1.29 is 14.3 Å². The molecule has 0 saturated carbocycles. The molecule has 1 aliphatic rings. The van der Waals surface area contributed by atoms with Crippen molar-refractivity contribution in [2.75, 3.05) is 13.2 Å². The molecule has 0 bridgehead atoms. The van der Waals surface area contributed by atoms with Gasteiger partial charge < -0.3 is 4.74 Å². The number of esters is 1. The van der Waals surface area contributed by atoms with Crippen LogP contribution in [0.1, 0.15) is 51.0 Å². The number of carbonyl (C=O) groups is 2. The Kier molecular flexibility index (Phi) is 9.31. The quantitative estimate of drug-likeness (QED) is 0.216. The van der Waals surface area contributed by atoms with Gasteiger partial charge in [-0.2, -0.15) is 0 Å². The Morgan fingerprint density at radius 1 is 1.22 bits per heavy atom. The largest absolute Gasteiger partial charge is 0.466 e. The van der Waals surface area contributed by atoms with Gasteiger partial charge in [-0.3, -0.25) is 14.5 Å². The summed E-state index contributed by atoms with van der Waals surface area (Å²) in [6.45, 7) is 3.14. The number of halogens is 1. The van der Waals surface area contributed by atoms with Gasteiger partial charge in [0.25, 0.3) is 5.91 Å². The second-order valence-corrected chi connectivity index (χ2v) is 8.38. The molecule has 1 amide bonds. The maximum atomic E-state index is 12.6. The van der Waals surface area contributed by atoms with Gasteiger partial charge in [-0.15, -0.1) is 0 Å². The molecular formula is C20H24ClNO3S2. The molecule has 0 N–H and O–H groups in total. The summed E-state index contributed by atoms with van der Waals surface area (Å²) in [4.78, 5) is 26.4. The number of carbonyl (C=O) groups excluding carboxylic acids is 2. The van der Waals surface area contributed by atoms with E-state index in [0.29, 0.717) is 33.8 Å². The standard InChI is InChI=1S/C20H24ClNO3S2/c1-2-3-13-25-18(23)7-5-4-6-12-22-19(24)17(27-20(22)26)14-15-8-10-16(21)11-9-15/h8-11,14H,2-7,12-13H2,1H3/b17-14-. The van der Waals surface area contributed by atoms with E-state index >= 15 is 0 Å². The minimum absolute atomic E-state index is 0.0566. The third-order valence-corrected chi connectivity index (χ3v) is 5.69. The average molecular weight is 426 g/mol. The summed E-state index contributed by atoms with van der Waals surface area (Å²) in [6, 6.07) is 7.33. The normalized spacial score (nSPS) is 15.6.